The molecule has 1 fully saturated rings. The largest absolute Gasteiger partial charge is 0.340 e. The number of hydrogen-bond donors (Lipinski definition) is 1. The van der Waals surface area contributed by atoms with Crippen molar-refractivity contribution in [3.63, 3.8) is 0 Å². The van der Waals surface area contributed by atoms with Crippen LogP contribution in [0.25, 0.3) is 10.9 Å². The van der Waals surface area contributed by atoms with Crippen molar-refractivity contribution < 1.29 is 9.18 Å². The molecule has 0 atom stereocenters. The predicted molar refractivity (Wildman–Crippen MR) is 71.7 cm³/mol. The molecule has 4 nitrogen and oxygen atoms in total. The SMILES string of the molecule is Cn1c(C(=O)N2CCNCC2)cc2ccc(F)cc21. The molecule has 0 radical (unpaired) electrons. The Bertz CT molecular complexity index is 629. The van der Waals surface area contributed by atoms with E-state index in [0.717, 1.165) is 24.0 Å². The molecule has 5 heteroatoms. The van der Waals surface area contributed by atoms with E-state index in [1.807, 2.05) is 11.0 Å². The van der Waals surface area contributed by atoms with E-state index < -0.39 is 0 Å². The Morgan fingerprint density at radius 2 is 2.00 bits per heavy atom. The Kier molecular flexibility index (Phi) is 2.98. The minimum atomic E-state index is -0.283. The maximum atomic E-state index is 13.3. The van der Waals surface area contributed by atoms with Crippen LogP contribution in [0.3, 0.4) is 0 Å². The van der Waals surface area contributed by atoms with Gasteiger partial charge in [-0.2, -0.15) is 0 Å². The zero-order chi connectivity index (χ0) is 13.4. The molecule has 0 saturated carbocycles. The predicted octanol–water partition coefficient (Wildman–Crippen LogP) is 1.36. The van der Waals surface area contributed by atoms with Crippen LogP contribution >= 0.6 is 0 Å². The third-order valence-electron chi connectivity index (χ3n) is 3.63. The van der Waals surface area contributed by atoms with Gasteiger partial charge >= 0.3 is 0 Å². The molecule has 1 aromatic heterocycles. The number of fused-ring (bicyclic) bond motifs is 1. The lowest BCUT2D eigenvalue weighted by atomic mass is 10.2. The number of aryl methyl sites for hydroxylation is 1. The second-order valence-electron chi connectivity index (χ2n) is 4.83. The molecule has 0 aliphatic carbocycles. The molecule has 100 valence electrons. The van der Waals surface area contributed by atoms with Crippen molar-refractivity contribution in [3.8, 4) is 0 Å². The maximum Gasteiger partial charge on any atom is 0.270 e. The Morgan fingerprint density at radius 1 is 1.26 bits per heavy atom. The smallest absolute Gasteiger partial charge is 0.270 e. The summed E-state index contributed by atoms with van der Waals surface area (Å²) in [5, 5.41) is 4.11. The molecule has 0 unspecified atom stereocenters. The quantitative estimate of drug-likeness (QED) is 0.841. The number of piperazine rings is 1. The molecule has 2 aromatic rings. The lowest BCUT2D eigenvalue weighted by Crippen LogP contribution is -2.46. The zero-order valence-electron chi connectivity index (χ0n) is 10.8. The second-order valence-corrected chi connectivity index (χ2v) is 4.83. The Labute approximate surface area is 110 Å². The van der Waals surface area contributed by atoms with Crippen LogP contribution in [0, 0.1) is 5.82 Å². The van der Waals surface area contributed by atoms with Gasteiger partial charge in [-0.1, -0.05) is 0 Å². The zero-order valence-corrected chi connectivity index (χ0v) is 10.8. The van der Waals surface area contributed by atoms with Crippen molar-refractivity contribution in [2.24, 2.45) is 7.05 Å². The van der Waals surface area contributed by atoms with Gasteiger partial charge in [-0.3, -0.25) is 4.79 Å². The minimum Gasteiger partial charge on any atom is -0.340 e. The number of carbonyl (C=O) groups excluding carboxylic acids is 1. The summed E-state index contributed by atoms with van der Waals surface area (Å²) in [4.78, 5) is 14.3. The summed E-state index contributed by atoms with van der Waals surface area (Å²) < 4.78 is 15.0. The lowest BCUT2D eigenvalue weighted by Gasteiger charge is -2.27. The van der Waals surface area contributed by atoms with E-state index >= 15 is 0 Å². The second kappa shape index (κ2) is 4.66. The number of rotatable bonds is 1. The van der Waals surface area contributed by atoms with Crippen LogP contribution in [0.2, 0.25) is 0 Å². The van der Waals surface area contributed by atoms with E-state index in [0.29, 0.717) is 18.8 Å². The van der Waals surface area contributed by atoms with Crippen molar-refractivity contribution in [1.82, 2.24) is 14.8 Å². The van der Waals surface area contributed by atoms with E-state index in [4.69, 9.17) is 0 Å². The number of nitrogens with zero attached hydrogens (tertiary/aromatic N) is 2. The number of aromatic nitrogens is 1. The molecule has 2 heterocycles. The molecule has 19 heavy (non-hydrogen) atoms. The number of amides is 1. The number of carbonyl (C=O) groups is 1. The number of nitrogens with one attached hydrogen (secondary N) is 1. The normalized spacial score (nSPS) is 16.0. The fourth-order valence-corrected chi connectivity index (χ4v) is 2.54. The van der Waals surface area contributed by atoms with Gasteiger partial charge in [0.15, 0.2) is 0 Å². The topological polar surface area (TPSA) is 37.3 Å². The van der Waals surface area contributed by atoms with Crippen molar-refractivity contribution in [3.05, 3.63) is 35.8 Å². The van der Waals surface area contributed by atoms with E-state index in [9.17, 15) is 9.18 Å². The van der Waals surface area contributed by atoms with Crippen LogP contribution in [-0.2, 0) is 7.05 Å². The fourth-order valence-electron chi connectivity index (χ4n) is 2.54. The van der Waals surface area contributed by atoms with Crippen molar-refractivity contribution in [2.45, 2.75) is 0 Å². The van der Waals surface area contributed by atoms with Crippen LogP contribution in [-0.4, -0.2) is 41.6 Å². The van der Waals surface area contributed by atoms with Gasteiger partial charge in [-0.05, 0) is 24.3 Å². The van der Waals surface area contributed by atoms with E-state index in [1.165, 1.54) is 12.1 Å². The molecule has 1 N–H and O–H groups in total. The Hall–Kier alpha value is -1.88. The van der Waals surface area contributed by atoms with Gasteiger partial charge in [0.1, 0.15) is 11.5 Å². The third kappa shape index (κ3) is 2.10. The molecule has 0 bridgehead atoms. The Balaban J connectivity index is 2.00. The van der Waals surface area contributed by atoms with Crippen LogP contribution in [0.4, 0.5) is 4.39 Å². The number of halogens is 1. The summed E-state index contributed by atoms with van der Waals surface area (Å²) in [7, 11) is 1.80. The van der Waals surface area contributed by atoms with Gasteiger partial charge in [0, 0.05) is 38.6 Å². The Morgan fingerprint density at radius 3 is 2.74 bits per heavy atom. The fraction of sp³-hybridized carbons (Fsp3) is 0.357. The summed E-state index contributed by atoms with van der Waals surface area (Å²) >= 11 is 0. The average Bonchev–Trinajstić information content (AvgIpc) is 2.76. The standard InChI is InChI=1S/C14H16FN3O/c1-17-12-9-11(15)3-2-10(12)8-13(17)14(19)18-6-4-16-5-7-18/h2-3,8-9,16H,4-7H2,1H3. The average molecular weight is 261 g/mol. The van der Waals surface area contributed by atoms with Gasteiger partial charge in [0.25, 0.3) is 5.91 Å². The van der Waals surface area contributed by atoms with Crippen molar-refractivity contribution >= 4 is 16.8 Å². The van der Waals surface area contributed by atoms with Gasteiger partial charge in [-0.25, -0.2) is 4.39 Å². The van der Waals surface area contributed by atoms with E-state index in [2.05, 4.69) is 5.32 Å². The summed E-state index contributed by atoms with van der Waals surface area (Å²) in [5.74, 6) is -0.268. The molecular weight excluding hydrogens is 245 g/mol. The first-order valence-electron chi connectivity index (χ1n) is 6.42. The van der Waals surface area contributed by atoms with Crippen molar-refractivity contribution in [2.75, 3.05) is 26.2 Å². The van der Waals surface area contributed by atoms with Gasteiger partial charge in [0.05, 0.1) is 5.52 Å². The summed E-state index contributed by atoms with van der Waals surface area (Å²) in [6.07, 6.45) is 0. The highest BCUT2D eigenvalue weighted by molar-refractivity contribution is 5.98. The lowest BCUT2D eigenvalue weighted by molar-refractivity contribution is 0.0726. The number of hydrogen-bond acceptors (Lipinski definition) is 2. The molecule has 3 rings (SSSR count). The monoisotopic (exact) mass is 261 g/mol. The maximum absolute atomic E-state index is 13.3. The van der Waals surface area contributed by atoms with Crippen molar-refractivity contribution in [1.29, 1.82) is 0 Å². The highest BCUT2D eigenvalue weighted by Gasteiger charge is 2.21. The first kappa shape index (κ1) is 12.2. The highest BCUT2D eigenvalue weighted by Crippen LogP contribution is 2.21. The van der Waals surface area contributed by atoms with E-state index in [-0.39, 0.29) is 11.7 Å². The summed E-state index contributed by atoms with van der Waals surface area (Å²) in [6, 6.07) is 6.42. The highest BCUT2D eigenvalue weighted by atomic mass is 19.1. The molecule has 1 amide bonds. The van der Waals surface area contributed by atoms with Crippen LogP contribution in [0.1, 0.15) is 10.5 Å². The molecular formula is C14H16FN3O. The minimum absolute atomic E-state index is 0.0145. The van der Waals surface area contributed by atoms with Crippen LogP contribution in [0.5, 0.6) is 0 Å². The molecule has 1 aromatic carbocycles. The summed E-state index contributed by atoms with van der Waals surface area (Å²) in [6.45, 7) is 3.08. The first-order chi connectivity index (χ1) is 9.16. The van der Waals surface area contributed by atoms with E-state index in [1.54, 1.807) is 17.7 Å². The van der Waals surface area contributed by atoms with Crippen LogP contribution in [0.15, 0.2) is 24.3 Å². The molecule has 1 aliphatic heterocycles. The van der Waals surface area contributed by atoms with Gasteiger partial charge in [0.2, 0.25) is 0 Å². The number of benzene rings is 1. The van der Waals surface area contributed by atoms with Gasteiger partial charge < -0.3 is 14.8 Å². The molecule has 1 saturated heterocycles. The molecule has 1 aliphatic rings. The van der Waals surface area contributed by atoms with Gasteiger partial charge in [-0.15, -0.1) is 0 Å². The third-order valence-corrected chi connectivity index (χ3v) is 3.63. The molecule has 0 spiro atoms. The van der Waals surface area contributed by atoms with Crippen LogP contribution < -0.4 is 5.32 Å². The summed E-state index contributed by atoms with van der Waals surface area (Å²) in [5.41, 5.74) is 1.36. The first-order valence-corrected chi connectivity index (χ1v) is 6.42.